The number of fused-ring (bicyclic) bond motifs is 1. The lowest BCUT2D eigenvalue weighted by molar-refractivity contribution is -0.136. The van der Waals surface area contributed by atoms with Gasteiger partial charge in [0.05, 0.1) is 11.1 Å². The van der Waals surface area contributed by atoms with Crippen LogP contribution >= 0.6 is 0 Å². The van der Waals surface area contributed by atoms with Gasteiger partial charge in [-0.1, -0.05) is 6.07 Å². The molecule has 1 aromatic carbocycles. The lowest BCUT2D eigenvalue weighted by atomic mass is 10.0. The van der Waals surface area contributed by atoms with Crippen LogP contribution in [-0.4, -0.2) is 73.4 Å². The topological polar surface area (TPSA) is 157 Å². The van der Waals surface area contributed by atoms with Crippen LogP contribution in [0.2, 0.25) is 0 Å². The number of ether oxygens (including phenoxy) is 2. The Morgan fingerprint density at radius 2 is 1.94 bits per heavy atom. The van der Waals surface area contributed by atoms with Crippen LogP contribution in [0.1, 0.15) is 46.4 Å². The predicted octanol–water partition coefficient (Wildman–Crippen LogP) is -0.662. The Balaban J connectivity index is 1.56. The zero-order chi connectivity index (χ0) is 23.1. The highest BCUT2D eigenvalue weighted by Gasteiger charge is 2.46. The van der Waals surface area contributed by atoms with E-state index >= 15 is 0 Å². The maximum atomic E-state index is 13.0. The van der Waals surface area contributed by atoms with Gasteiger partial charge < -0.3 is 20.5 Å². The Labute approximate surface area is 184 Å². The fourth-order valence-electron chi connectivity index (χ4n) is 3.49. The molecule has 1 atom stereocenters. The Morgan fingerprint density at radius 1 is 1.16 bits per heavy atom. The van der Waals surface area contributed by atoms with Crippen LogP contribution in [0.15, 0.2) is 18.2 Å². The van der Waals surface area contributed by atoms with E-state index in [4.69, 9.17) is 15.2 Å². The molecule has 2 aliphatic heterocycles. The van der Waals surface area contributed by atoms with Crippen LogP contribution < -0.4 is 21.1 Å². The fraction of sp³-hybridized carbons (Fsp3) is 0.476. The van der Waals surface area contributed by atoms with Crippen LogP contribution in [0.3, 0.4) is 0 Å². The van der Waals surface area contributed by atoms with E-state index in [1.807, 2.05) is 0 Å². The summed E-state index contributed by atoms with van der Waals surface area (Å²) in [5, 5.41) is 4.83. The maximum Gasteiger partial charge on any atom is 0.266 e. The van der Waals surface area contributed by atoms with Crippen LogP contribution in [0.5, 0.6) is 5.75 Å². The number of carbonyl (C=O) groups excluding carboxylic acids is 5. The molecule has 0 spiro atoms. The highest BCUT2D eigenvalue weighted by atomic mass is 16.5. The predicted molar refractivity (Wildman–Crippen MR) is 111 cm³/mol. The summed E-state index contributed by atoms with van der Waals surface area (Å²) in [6.45, 7) is 1.70. The number of amides is 5. The van der Waals surface area contributed by atoms with Crippen LogP contribution in [0.25, 0.3) is 0 Å². The van der Waals surface area contributed by atoms with E-state index in [0.717, 1.165) is 11.3 Å². The molecular formula is C21H26N4O7. The lowest BCUT2D eigenvalue weighted by Gasteiger charge is -2.27. The van der Waals surface area contributed by atoms with Crippen molar-refractivity contribution in [3.8, 4) is 5.75 Å². The van der Waals surface area contributed by atoms with Crippen molar-refractivity contribution in [2.45, 2.75) is 31.7 Å². The Kier molecular flexibility index (Phi) is 7.90. The number of nitrogens with two attached hydrogens (primary N) is 1. The molecule has 4 N–H and O–H groups in total. The number of nitrogens with zero attached hydrogens (tertiary/aromatic N) is 1. The van der Waals surface area contributed by atoms with Gasteiger partial charge in [0.2, 0.25) is 11.8 Å². The third-order valence-corrected chi connectivity index (χ3v) is 5.07. The number of benzene rings is 1. The minimum absolute atomic E-state index is 0.00306. The Morgan fingerprint density at radius 3 is 2.69 bits per heavy atom. The fourth-order valence-corrected chi connectivity index (χ4v) is 3.49. The van der Waals surface area contributed by atoms with Crippen molar-refractivity contribution in [3.05, 3.63) is 29.3 Å². The second kappa shape index (κ2) is 10.8. The largest absolute Gasteiger partial charge is 0.483 e. The second-order valence-corrected chi connectivity index (χ2v) is 7.37. The number of hydrogen-bond donors (Lipinski definition) is 3. The first-order valence-electron chi connectivity index (χ1n) is 10.5. The first-order chi connectivity index (χ1) is 15.4. The zero-order valence-corrected chi connectivity index (χ0v) is 17.6. The summed E-state index contributed by atoms with van der Waals surface area (Å²) in [6.07, 6.45) is 1.50. The first-order valence-corrected chi connectivity index (χ1v) is 10.5. The molecule has 1 unspecified atom stereocenters. The number of rotatable bonds is 11. The smallest absolute Gasteiger partial charge is 0.266 e. The quantitative estimate of drug-likeness (QED) is 0.299. The summed E-state index contributed by atoms with van der Waals surface area (Å²) in [4.78, 5) is 62.2. The third kappa shape index (κ3) is 5.29. The molecule has 1 fully saturated rings. The summed E-state index contributed by atoms with van der Waals surface area (Å²) in [7, 11) is 0. The van der Waals surface area contributed by atoms with E-state index in [1.165, 1.54) is 18.2 Å². The molecule has 1 aromatic rings. The maximum absolute atomic E-state index is 13.0. The van der Waals surface area contributed by atoms with Gasteiger partial charge in [0.1, 0.15) is 11.8 Å². The van der Waals surface area contributed by atoms with Crippen molar-refractivity contribution in [1.29, 1.82) is 0 Å². The molecule has 0 aromatic heterocycles. The van der Waals surface area contributed by atoms with E-state index in [0.29, 0.717) is 32.7 Å². The average Bonchev–Trinajstić information content (AvgIpc) is 3.02. The normalized spacial score (nSPS) is 17.9. The summed E-state index contributed by atoms with van der Waals surface area (Å²) in [5.74, 6) is -2.77. The average molecular weight is 446 g/mol. The molecule has 172 valence electrons. The highest BCUT2D eigenvalue weighted by molar-refractivity contribution is 6.24. The molecule has 5 amide bonds. The number of imide groups is 2. The van der Waals surface area contributed by atoms with Gasteiger partial charge in [-0.15, -0.1) is 0 Å². The number of carbonyl (C=O) groups is 5. The van der Waals surface area contributed by atoms with Gasteiger partial charge >= 0.3 is 0 Å². The van der Waals surface area contributed by atoms with Gasteiger partial charge in [0.25, 0.3) is 17.7 Å². The lowest BCUT2D eigenvalue weighted by Crippen LogP contribution is -2.54. The van der Waals surface area contributed by atoms with E-state index in [-0.39, 0.29) is 42.2 Å². The van der Waals surface area contributed by atoms with Gasteiger partial charge in [0.15, 0.2) is 6.61 Å². The third-order valence-electron chi connectivity index (χ3n) is 5.07. The molecule has 2 aliphatic rings. The first kappa shape index (κ1) is 23.4. The molecular weight excluding hydrogens is 420 g/mol. The van der Waals surface area contributed by atoms with E-state index in [2.05, 4.69) is 10.6 Å². The Bertz CT molecular complexity index is 917. The second-order valence-electron chi connectivity index (χ2n) is 7.37. The van der Waals surface area contributed by atoms with Crippen molar-refractivity contribution in [2.75, 3.05) is 32.9 Å². The summed E-state index contributed by atoms with van der Waals surface area (Å²) in [5.41, 5.74) is 5.47. The van der Waals surface area contributed by atoms with Crippen LogP contribution in [-0.2, 0) is 19.1 Å². The highest BCUT2D eigenvalue weighted by Crippen LogP contribution is 2.33. The molecule has 0 saturated carbocycles. The van der Waals surface area contributed by atoms with E-state index in [9.17, 15) is 24.0 Å². The molecule has 0 radical (unpaired) electrons. The standard InChI is InChI=1S/C21H26N4O7/c22-8-2-10-31-11-3-9-23-17(27)12-32-15-5-1-4-13-18(15)21(30)25(20(13)29)14-6-7-16(26)24-19(14)28/h1,4-5,14H,2-3,6-12,22H2,(H,23,27)(H,24,26,28). The minimum atomic E-state index is -1.07. The molecule has 11 nitrogen and oxygen atoms in total. The summed E-state index contributed by atoms with van der Waals surface area (Å²) in [6, 6.07) is 3.41. The Hall–Kier alpha value is -3.31. The van der Waals surface area contributed by atoms with Gasteiger partial charge in [-0.05, 0) is 37.9 Å². The molecule has 32 heavy (non-hydrogen) atoms. The molecule has 2 heterocycles. The van der Waals surface area contributed by atoms with Crippen LogP contribution in [0.4, 0.5) is 0 Å². The van der Waals surface area contributed by atoms with Gasteiger partial charge in [0, 0.05) is 26.2 Å². The molecule has 0 bridgehead atoms. The monoisotopic (exact) mass is 446 g/mol. The number of nitrogens with one attached hydrogen (secondary N) is 2. The van der Waals surface area contributed by atoms with Crippen molar-refractivity contribution >= 4 is 29.5 Å². The van der Waals surface area contributed by atoms with Crippen molar-refractivity contribution in [2.24, 2.45) is 5.73 Å². The number of hydrogen-bond acceptors (Lipinski definition) is 8. The zero-order valence-electron chi connectivity index (χ0n) is 17.6. The molecule has 0 aliphatic carbocycles. The van der Waals surface area contributed by atoms with Crippen LogP contribution in [0, 0.1) is 0 Å². The van der Waals surface area contributed by atoms with Gasteiger partial charge in [-0.2, -0.15) is 0 Å². The van der Waals surface area contributed by atoms with E-state index in [1.54, 1.807) is 0 Å². The molecule has 1 saturated heterocycles. The van der Waals surface area contributed by atoms with Gasteiger partial charge in [-0.25, -0.2) is 0 Å². The van der Waals surface area contributed by atoms with Crippen molar-refractivity contribution in [3.63, 3.8) is 0 Å². The summed E-state index contributed by atoms with van der Waals surface area (Å²) >= 11 is 0. The molecule has 11 heteroatoms. The van der Waals surface area contributed by atoms with Gasteiger partial charge in [-0.3, -0.25) is 34.2 Å². The van der Waals surface area contributed by atoms with E-state index < -0.39 is 29.7 Å². The molecule has 3 rings (SSSR count). The minimum Gasteiger partial charge on any atom is -0.483 e. The summed E-state index contributed by atoms with van der Waals surface area (Å²) < 4.78 is 10.9. The van der Waals surface area contributed by atoms with Crippen molar-refractivity contribution in [1.82, 2.24) is 15.5 Å². The SMILES string of the molecule is NCCCOCCCNC(=O)COc1cccc2c1C(=O)N(C1CCC(=O)NC1=O)C2=O. The van der Waals surface area contributed by atoms with Crippen molar-refractivity contribution < 1.29 is 33.4 Å². The number of piperidine rings is 1.